The second-order valence-corrected chi connectivity index (χ2v) is 32.8. The monoisotopic (exact) mass is 1880 g/mol. The van der Waals surface area contributed by atoms with Crippen LogP contribution in [0.15, 0.2) is 24.3 Å². The molecule has 1 aromatic rings. The Morgan fingerprint density at radius 1 is 0.427 bits per heavy atom. The van der Waals surface area contributed by atoms with Crippen LogP contribution in [0.4, 0.5) is 0 Å². The molecule has 0 bridgehead atoms. The van der Waals surface area contributed by atoms with Gasteiger partial charge >= 0.3 is 53.7 Å². The van der Waals surface area contributed by atoms with Gasteiger partial charge in [-0.2, -0.15) is 0 Å². The summed E-state index contributed by atoms with van der Waals surface area (Å²) in [5.74, 6) is -8.85. The lowest BCUT2D eigenvalue weighted by atomic mass is 9.87. The minimum atomic E-state index is -1.43. The van der Waals surface area contributed by atoms with E-state index in [2.05, 4.69) is 75.5 Å². The highest BCUT2D eigenvalue weighted by molar-refractivity contribution is 7.44. The fourth-order valence-corrected chi connectivity index (χ4v) is 16.3. The maximum absolute atomic E-state index is 15.0. The molecule has 7 N–H and O–H groups in total. The average molecular weight is 1880 g/mol. The number of hydrogen-bond donors (Lipinski definition) is 7. The van der Waals surface area contributed by atoms with E-state index >= 15 is 4.79 Å². The molecule has 0 spiro atoms. The van der Waals surface area contributed by atoms with E-state index in [0.717, 1.165) is 62.3 Å². The number of carbonyl (C=O) groups excluding carboxylic acids is 16. The van der Waals surface area contributed by atoms with Crippen molar-refractivity contribution >= 4 is 104 Å². The van der Waals surface area contributed by atoms with Gasteiger partial charge in [-0.15, -0.1) is 12.3 Å². The van der Waals surface area contributed by atoms with Gasteiger partial charge in [0.2, 0.25) is 41.4 Å². The molecule has 736 valence electrons. The van der Waals surface area contributed by atoms with Gasteiger partial charge in [0.1, 0.15) is 56.3 Å². The maximum Gasteiger partial charge on any atom is 0.303 e. The Hall–Kier alpha value is -9.79. The minimum absolute atomic E-state index is 0.132. The average Bonchev–Trinajstić information content (AvgIpc) is 0.792. The lowest BCUT2D eigenvalue weighted by Crippen LogP contribution is -2.66. The zero-order valence-corrected chi connectivity index (χ0v) is 78.0. The minimum Gasteiger partial charge on any atom is -0.463 e. The number of carbonyl (C=O) groups is 16. The van der Waals surface area contributed by atoms with Crippen LogP contribution in [0.5, 0.6) is 0 Å². The van der Waals surface area contributed by atoms with E-state index in [-0.39, 0.29) is 122 Å². The number of nitrogens with zero attached hydrogens (tertiary/aromatic N) is 2. The number of amides is 7. The van der Waals surface area contributed by atoms with E-state index in [1.165, 1.54) is 25.7 Å². The first kappa shape index (κ1) is 112. The van der Waals surface area contributed by atoms with E-state index in [1.54, 1.807) is 24.3 Å². The molecule has 3 saturated heterocycles. The fourth-order valence-electron chi connectivity index (χ4n) is 14.5. The molecule has 1 aromatic carbocycles. The van der Waals surface area contributed by atoms with Crippen molar-refractivity contribution in [3.8, 4) is 12.3 Å². The molecule has 0 aromatic heterocycles. The molecule has 1 saturated carbocycles. The molecule has 0 radical (unpaired) electrons. The van der Waals surface area contributed by atoms with Crippen molar-refractivity contribution in [1.82, 2.24) is 46.8 Å². The first-order valence-corrected chi connectivity index (χ1v) is 44.3. The van der Waals surface area contributed by atoms with Crippen LogP contribution < -0.4 is 37.2 Å². The summed E-state index contributed by atoms with van der Waals surface area (Å²) in [6.07, 6.45) is -8.36. The second kappa shape index (κ2) is 59.0. The molecule has 3 heterocycles. The number of esters is 9. The Bertz CT molecular complexity index is 3800. The Labute approximate surface area is 762 Å². The van der Waals surface area contributed by atoms with E-state index < -0.39 is 229 Å². The number of ether oxygens (including phenoxy) is 18. The number of rotatable bonds is 55. The second-order valence-electron chi connectivity index (χ2n) is 31.4. The predicted molar refractivity (Wildman–Crippen MR) is 454 cm³/mol. The molecule has 46 heteroatoms. The molecule has 131 heavy (non-hydrogen) atoms. The van der Waals surface area contributed by atoms with Crippen molar-refractivity contribution in [1.29, 1.82) is 0 Å². The van der Waals surface area contributed by atoms with Crippen molar-refractivity contribution in [3.63, 3.8) is 0 Å². The van der Waals surface area contributed by atoms with E-state index in [4.69, 9.17) is 101 Å². The lowest BCUT2D eigenvalue weighted by Gasteiger charge is -2.44. The molecule has 45 nitrogen and oxygen atoms in total. The zero-order chi connectivity index (χ0) is 97.0. The van der Waals surface area contributed by atoms with Gasteiger partial charge in [0.05, 0.1) is 91.3 Å². The Balaban J connectivity index is 1.40. The quantitative estimate of drug-likeness (QED) is 0.0147. The highest BCUT2D eigenvalue weighted by Crippen LogP contribution is 2.49. The standard InChI is InChI=1S/C85H130N9O36P/c1-18-19-31-120-131(94(48(2)3)49(4)5)130-65-26-24-64(25-27-65)81(109)89-42-63-22-20-62(21-23-63)41-66(82(110)88-30-34-113-37-40-116-85-74(92-52(8)97)80(126-61(17)106)77(123-58(14)103)69(129-85)47-119-55(11)100)93(43-70(107)86-28-32-111-35-38-114-83-72(90-50(6)95)78(124-59(15)104)75(121-56(12)101)67(127-83)45-117-53(9)98)44-71(108)87-29-33-112-36-39-115-84-73(91-51(7)96)79(125-60(16)105)76(122-57(13)102)68(128-84)46-118-54(10)99/h1,20-23,48-49,64-69,72-80,83-85H,19,24-47H2,2-17H3,(H,86,107)(H,87,108)(H,88,110)(H,89,109)(H,90,95)(H,91,96)(H,92,97). The molecular formula is C85H130N9O36P. The summed E-state index contributed by atoms with van der Waals surface area (Å²) in [5.41, 5.74) is 1.23. The van der Waals surface area contributed by atoms with Gasteiger partial charge in [-0.25, -0.2) is 4.67 Å². The van der Waals surface area contributed by atoms with Crippen molar-refractivity contribution < 1.29 is 171 Å². The van der Waals surface area contributed by atoms with Crippen LogP contribution in [0, 0.1) is 18.3 Å². The third kappa shape index (κ3) is 41.5. The summed E-state index contributed by atoms with van der Waals surface area (Å²) in [5, 5.41) is 19.2. The maximum atomic E-state index is 15.0. The first-order chi connectivity index (χ1) is 62.1. The molecule has 4 aliphatic rings. The molecule has 5 rings (SSSR count). The number of hydrogen-bond acceptors (Lipinski definition) is 38. The van der Waals surface area contributed by atoms with Crippen LogP contribution in [0.3, 0.4) is 0 Å². The smallest absolute Gasteiger partial charge is 0.303 e. The van der Waals surface area contributed by atoms with Crippen LogP contribution in [-0.4, -0.2) is 339 Å². The summed E-state index contributed by atoms with van der Waals surface area (Å²) in [6.45, 7) is 17.1. The largest absolute Gasteiger partial charge is 0.463 e. The summed E-state index contributed by atoms with van der Waals surface area (Å²) < 4.78 is 117. The van der Waals surface area contributed by atoms with E-state index in [0.29, 0.717) is 49.8 Å². The Morgan fingerprint density at radius 2 is 0.771 bits per heavy atom. The van der Waals surface area contributed by atoms with Crippen LogP contribution in [0.1, 0.15) is 154 Å². The third-order valence-corrected chi connectivity index (χ3v) is 21.9. The number of nitrogens with one attached hydrogen (secondary N) is 7. The summed E-state index contributed by atoms with van der Waals surface area (Å²) in [6, 6.07) is 2.04. The fraction of sp³-hybridized carbons (Fsp3) is 0.718. The third-order valence-electron chi connectivity index (χ3n) is 19.8. The van der Waals surface area contributed by atoms with Gasteiger partial charge in [0.25, 0.3) is 8.53 Å². The van der Waals surface area contributed by atoms with Crippen molar-refractivity contribution in [2.45, 2.75) is 272 Å². The Morgan fingerprint density at radius 3 is 1.10 bits per heavy atom. The van der Waals surface area contributed by atoms with Crippen LogP contribution >= 0.6 is 8.53 Å². The Kier molecular flexibility index (Phi) is 50.3. The first-order valence-electron chi connectivity index (χ1n) is 43.2. The van der Waals surface area contributed by atoms with Gasteiger partial charge in [-0.05, 0) is 70.9 Å². The van der Waals surface area contributed by atoms with Gasteiger partial charge in [0, 0.05) is 134 Å². The van der Waals surface area contributed by atoms with Crippen molar-refractivity contribution in [2.24, 2.45) is 5.92 Å². The molecule has 17 atom stereocenters. The van der Waals surface area contributed by atoms with E-state index in [1.807, 2.05) is 0 Å². The molecule has 4 fully saturated rings. The van der Waals surface area contributed by atoms with Crippen molar-refractivity contribution in [2.75, 3.05) is 119 Å². The van der Waals surface area contributed by atoms with Gasteiger partial charge in [-0.3, -0.25) is 81.6 Å². The topological polar surface area (TPSA) is 548 Å². The molecule has 7 amide bonds. The highest BCUT2D eigenvalue weighted by Gasteiger charge is 2.55. The van der Waals surface area contributed by atoms with Gasteiger partial charge in [0.15, 0.2) is 55.5 Å². The normalized spacial score (nSPS) is 23.9. The molecule has 17 unspecified atom stereocenters. The van der Waals surface area contributed by atoms with Gasteiger partial charge in [-0.1, -0.05) is 24.3 Å². The zero-order valence-electron chi connectivity index (χ0n) is 77.2. The van der Waals surface area contributed by atoms with Crippen LogP contribution in [-0.2, 0) is 184 Å². The van der Waals surface area contributed by atoms with Crippen LogP contribution in [0.25, 0.3) is 0 Å². The summed E-state index contributed by atoms with van der Waals surface area (Å²) in [7, 11) is -1.43. The molecule has 1 aliphatic carbocycles. The van der Waals surface area contributed by atoms with Gasteiger partial charge < -0.3 is 132 Å². The summed E-state index contributed by atoms with van der Waals surface area (Å²) in [4.78, 5) is 207. The summed E-state index contributed by atoms with van der Waals surface area (Å²) >= 11 is 0. The number of terminal acetylenes is 1. The molecular weight excluding hydrogens is 1750 g/mol. The van der Waals surface area contributed by atoms with E-state index in [9.17, 15) is 71.9 Å². The molecule has 3 aliphatic heterocycles. The predicted octanol–water partition coefficient (Wildman–Crippen LogP) is -0.107. The highest BCUT2D eigenvalue weighted by atomic mass is 31.2. The SMILES string of the molecule is C#CCCOP(OC1CCC(C(=O)NCc2ccc(CC(C(=O)NCCOCCOC3OC(COC(C)=O)C(OC(C)=O)C(OC(C)=O)C3NC(C)=O)N(CC(=O)NCCOCCOC3OC(COC(C)=O)C(OC(C)=O)C(OC(C)=O)C3NC(C)=O)CC(=O)NCCOCCOC3OC(COC(C)=O)C(OC(C)=O)C(OC(C)=O)C3NC(C)=O)cc2)CC1)N(C(C)C)C(C)C. The van der Waals surface area contributed by atoms with Crippen molar-refractivity contribution in [3.05, 3.63) is 35.4 Å². The van der Waals surface area contributed by atoms with Crippen LogP contribution in [0.2, 0.25) is 0 Å². The lowest BCUT2D eigenvalue weighted by molar-refractivity contribution is -0.279. The number of benzene rings is 1.